The molecule has 2 amide bonds. The van der Waals surface area contributed by atoms with Gasteiger partial charge in [-0.25, -0.2) is 9.69 Å². The van der Waals surface area contributed by atoms with Gasteiger partial charge >= 0.3 is 12.1 Å². The molecule has 1 aromatic carbocycles. The molecule has 4 rings (SSSR count). The molecule has 0 aromatic heterocycles. The van der Waals surface area contributed by atoms with Crippen LogP contribution in [-0.4, -0.2) is 53.3 Å². The van der Waals surface area contributed by atoms with Crippen LogP contribution in [0.15, 0.2) is 24.3 Å². The highest BCUT2D eigenvalue weighted by atomic mass is 35.5. The van der Waals surface area contributed by atoms with Gasteiger partial charge in [0.05, 0.1) is 13.2 Å². The van der Waals surface area contributed by atoms with E-state index in [9.17, 15) is 9.59 Å². The Hall–Kier alpha value is -1.67. The molecule has 0 unspecified atom stereocenters. The smallest absolute Gasteiger partial charge is 0.417 e. The number of imide groups is 1. The number of fused-ring (bicyclic) bond motifs is 2. The van der Waals surface area contributed by atoms with E-state index < -0.39 is 29.3 Å². The molecule has 7 nitrogen and oxygen atoms in total. The van der Waals surface area contributed by atoms with Crippen LogP contribution in [0.25, 0.3) is 0 Å². The lowest BCUT2D eigenvalue weighted by atomic mass is 9.90. The Balaban J connectivity index is 1.74. The fraction of sp³-hybridized carbons (Fsp3) is 0.600. The lowest BCUT2D eigenvalue weighted by Crippen LogP contribution is -2.56. The first-order chi connectivity index (χ1) is 13.0. The summed E-state index contributed by atoms with van der Waals surface area (Å²) >= 11 is 6.02. The minimum atomic E-state index is -1.50. The molecule has 0 N–H and O–H groups in total. The van der Waals surface area contributed by atoms with Crippen LogP contribution in [0.4, 0.5) is 4.79 Å². The summed E-state index contributed by atoms with van der Waals surface area (Å²) in [4.78, 5) is 26.9. The standard InChI is InChI=1S/C20H24ClNO6/c1-18(2,3)27-17(24)22-15(23)9-14(12-5-7-13(21)8-6-12)16(22)20-25-10-19(4,28-20)11-26-20/h5-8,14,16H,9-11H2,1-4H3/t14-,16+,19?,20?/m1/s1. The number of halogens is 1. The number of carbonyl (C=O) groups excluding carboxylic acids is 2. The molecule has 3 fully saturated rings. The van der Waals surface area contributed by atoms with E-state index in [0.29, 0.717) is 18.2 Å². The van der Waals surface area contributed by atoms with Crippen LogP contribution >= 0.6 is 11.6 Å². The predicted molar refractivity (Wildman–Crippen MR) is 99.8 cm³/mol. The maximum atomic E-state index is 12.9. The summed E-state index contributed by atoms with van der Waals surface area (Å²) in [7, 11) is 0. The van der Waals surface area contributed by atoms with Crippen molar-refractivity contribution < 1.29 is 28.5 Å². The summed E-state index contributed by atoms with van der Waals surface area (Å²) < 4.78 is 23.4. The van der Waals surface area contributed by atoms with E-state index in [1.165, 1.54) is 0 Å². The van der Waals surface area contributed by atoms with E-state index in [1.807, 2.05) is 19.1 Å². The third kappa shape index (κ3) is 3.30. The summed E-state index contributed by atoms with van der Waals surface area (Å²) in [5.41, 5.74) is -0.504. The lowest BCUT2D eigenvalue weighted by molar-refractivity contribution is -0.323. The molecular formula is C20H24ClNO6. The van der Waals surface area contributed by atoms with Gasteiger partial charge in [0.15, 0.2) is 0 Å². The number of nitrogens with zero attached hydrogens (tertiary/aromatic N) is 1. The molecule has 0 spiro atoms. The van der Waals surface area contributed by atoms with Gasteiger partial charge in [-0.1, -0.05) is 23.7 Å². The highest BCUT2D eigenvalue weighted by Crippen LogP contribution is 2.50. The Morgan fingerprint density at radius 1 is 1.21 bits per heavy atom. The van der Waals surface area contributed by atoms with Crippen molar-refractivity contribution >= 4 is 23.6 Å². The third-order valence-corrected chi connectivity index (χ3v) is 5.37. The van der Waals surface area contributed by atoms with E-state index in [1.54, 1.807) is 32.9 Å². The molecular weight excluding hydrogens is 386 g/mol. The van der Waals surface area contributed by atoms with E-state index in [4.69, 9.17) is 30.5 Å². The van der Waals surface area contributed by atoms with Crippen molar-refractivity contribution in [2.24, 2.45) is 0 Å². The summed E-state index contributed by atoms with van der Waals surface area (Å²) in [6.45, 7) is 7.79. The first kappa shape index (κ1) is 19.6. The van der Waals surface area contributed by atoms with Crippen LogP contribution in [-0.2, 0) is 23.7 Å². The molecule has 28 heavy (non-hydrogen) atoms. The quantitative estimate of drug-likeness (QED) is 0.744. The molecule has 2 atom stereocenters. The molecule has 3 heterocycles. The topological polar surface area (TPSA) is 74.3 Å². The highest BCUT2D eigenvalue weighted by molar-refractivity contribution is 6.30. The summed E-state index contributed by atoms with van der Waals surface area (Å²) in [5, 5.41) is 0.588. The largest absolute Gasteiger partial charge is 0.443 e. The van der Waals surface area contributed by atoms with Gasteiger partial charge in [0.2, 0.25) is 5.91 Å². The number of carbonyl (C=O) groups is 2. The first-order valence-corrected chi connectivity index (χ1v) is 9.68. The minimum absolute atomic E-state index is 0.111. The Bertz CT molecular complexity index is 794. The van der Waals surface area contributed by atoms with Crippen LogP contribution < -0.4 is 0 Å². The monoisotopic (exact) mass is 409 g/mol. The average molecular weight is 410 g/mol. The number of hydrogen-bond acceptors (Lipinski definition) is 6. The zero-order chi connectivity index (χ0) is 20.3. The normalized spacial score (nSPS) is 34.9. The minimum Gasteiger partial charge on any atom is -0.443 e. The van der Waals surface area contributed by atoms with Crippen LogP contribution in [0.3, 0.4) is 0 Å². The number of benzene rings is 1. The molecule has 3 saturated heterocycles. The van der Waals surface area contributed by atoms with Gasteiger partial charge in [0, 0.05) is 17.4 Å². The Morgan fingerprint density at radius 2 is 1.82 bits per heavy atom. The molecule has 8 heteroatoms. The van der Waals surface area contributed by atoms with Gasteiger partial charge in [0.25, 0.3) is 0 Å². The van der Waals surface area contributed by atoms with Gasteiger partial charge in [-0.2, -0.15) is 0 Å². The number of hydrogen-bond donors (Lipinski definition) is 0. The average Bonchev–Trinajstić information content (AvgIpc) is 3.22. The van der Waals surface area contributed by atoms with Crippen molar-refractivity contribution in [3.8, 4) is 0 Å². The highest BCUT2D eigenvalue weighted by Gasteiger charge is 2.67. The van der Waals surface area contributed by atoms with Crippen molar-refractivity contribution in [3.05, 3.63) is 34.9 Å². The third-order valence-electron chi connectivity index (χ3n) is 5.12. The van der Waals surface area contributed by atoms with Crippen LogP contribution in [0.5, 0.6) is 0 Å². The molecule has 0 radical (unpaired) electrons. The Kier molecular flexibility index (Phi) is 4.50. The number of amides is 2. The van der Waals surface area contributed by atoms with Crippen molar-refractivity contribution in [1.82, 2.24) is 4.90 Å². The maximum Gasteiger partial charge on any atom is 0.417 e. The van der Waals surface area contributed by atoms with Crippen molar-refractivity contribution in [2.75, 3.05) is 13.2 Å². The summed E-state index contributed by atoms with van der Waals surface area (Å²) in [5.74, 6) is -2.23. The number of likely N-dealkylation sites (tertiary alicyclic amines) is 1. The second-order valence-electron chi connectivity index (χ2n) is 8.78. The van der Waals surface area contributed by atoms with Crippen molar-refractivity contribution in [2.45, 2.75) is 63.3 Å². The molecule has 152 valence electrons. The molecule has 1 aromatic rings. The Labute approximate surface area is 168 Å². The van der Waals surface area contributed by atoms with E-state index >= 15 is 0 Å². The first-order valence-electron chi connectivity index (χ1n) is 9.31. The molecule has 0 saturated carbocycles. The molecule has 2 bridgehead atoms. The number of ether oxygens (including phenoxy) is 4. The van der Waals surface area contributed by atoms with Gasteiger partial charge in [0.1, 0.15) is 17.2 Å². The molecule has 3 aliphatic rings. The van der Waals surface area contributed by atoms with Crippen LogP contribution in [0.2, 0.25) is 5.02 Å². The summed E-state index contributed by atoms with van der Waals surface area (Å²) in [6.07, 6.45) is -0.621. The fourth-order valence-electron chi connectivity index (χ4n) is 3.96. The second-order valence-corrected chi connectivity index (χ2v) is 9.22. The van der Waals surface area contributed by atoms with Crippen LogP contribution in [0.1, 0.15) is 45.6 Å². The zero-order valence-electron chi connectivity index (χ0n) is 16.4. The molecule has 3 aliphatic heterocycles. The van der Waals surface area contributed by atoms with E-state index in [-0.39, 0.29) is 18.2 Å². The second kappa shape index (κ2) is 6.42. The van der Waals surface area contributed by atoms with Crippen molar-refractivity contribution in [1.29, 1.82) is 0 Å². The van der Waals surface area contributed by atoms with E-state index in [0.717, 1.165) is 10.5 Å². The maximum absolute atomic E-state index is 12.9. The molecule has 0 aliphatic carbocycles. The van der Waals surface area contributed by atoms with Gasteiger partial charge < -0.3 is 18.9 Å². The van der Waals surface area contributed by atoms with Gasteiger partial charge in [-0.05, 0) is 45.4 Å². The SMILES string of the molecule is CC(C)(C)OC(=O)N1C(=O)C[C@H](c2ccc(Cl)cc2)[C@H]1C12OCC(C)(CO1)O2. The van der Waals surface area contributed by atoms with Gasteiger partial charge in [-0.15, -0.1) is 0 Å². The van der Waals surface area contributed by atoms with Gasteiger partial charge in [-0.3, -0.25) is 4.79 Å². The Morgan fingerprint density at radius 3 is 2.32 bits per heavy atom. The van der Waals surface area contributed by atoms with E-state index in [2.05, 4.69) is 0 Å². The lowest BCUT2D eigenvalue weighted by Gasteiger charge is -2.37. The number of rotatable bonds is 2. The predicted octanol–water partition coefficient (Wildman–Crippen LogP) is 3.45. The van der Waals surface area contributed by atoms with Crippen LogP contribution in [0, 0.1) is 0 Å². The fourth-order valence-corrected chi connectivity index (χ4v) is 4.08. The zero-order valence-corrected chi connectivity index (χ0v) is 17.1. The van der Waals surface area contributed by atoms with Crippen molar-refractivity contribution in [3.63, 3.8) is 0 Å². The summed E-state index contributed by atoms with van der Waals surface area (Å²) in [6, 6.07) is 6.38.